The summed E-state index contributed by atoms with van der Waals surface area (Å²) in [6, 6.07) is 3.54. The van der Waals surface area contributed by atoms with E-state index in [1.54, 1.807) is 19.3 Å². The lowest BCUT2D eigenvalue weighted by Gasteiger charge is -2.15. The molecule has 0 aromatic heterocycles. The number of benzene rings is 1. The Bertz CT molecular complexity index is 438. The van der Waals surface area contributed by atoms with Gasteiger partial charge >= 0.3 is 0 Å². The van der Waals surface area contributed by atoms with Crippen molar-refractivity contribution in [1.29, 1.82) is 0 Å². The summed E-state index contributed by atoms with van der Waals surface area (Å²) in [6.07, 6.45) is 7.90. The largest absolute Gasteiger partial charge is 0.493 e. The maximum Gasteiger partial charge on any atom is 0.164 e. The molecule has 1 aromatic carbocycles. The minimum absolute atomic E-state index is 0.594. The number of rotatable bonds is 10. The third kappa shape index (κ3) is 4.72. The van der Waals surface area contributed by atoms with Gasteiger partial charge < -0.3 is 9.47 Å². The van der Waals surface area contributed by atoms with Crippen molar-refractivity contribution in [2.45, 2.75) is 39.0 Å². The van der Waals surface area contributed by atoms with E-state index < -0.39 is 0 Å². The van der Waals surface area contributed by atoms with E-state index in [-0.39, 0.29) is 0 Å². The average molecular weight is 276 g/mol. The topological polar surface area (TPSA) is 35.5 Å². The van der Waals surface area contributed by atoms with Gasteiger partial charge in [-0.05, 0) is 25.0 Å². The molecule has 1 aromatic rings. The summed E-state index contributed by atoms with van der Waals surface area (Å²) in [5.41, 5.74) is 1.54. The highest BCUT2D eigenvalue weighted by atomic mass is 16.5. The summed E-state index contributed by atoms with van der Waals surface area (Å²) in [4.78, 5) is 11.0. The first-order chi connectivity index (χ1) is 9.76. The van der Waals surface area contributed by atoms with E-state index in [1.165, 1.54) is 19.3 Å². The number of carbonyl (C=O) groups is 1. The molecule has 0 heterocycles. The lowest BCUT2D eigenvalue weighted by Crippen LogP contribution is -2.03. The molecule has 0 aliphatic rings. The smallest absolute Gasteiger partial charge is 0.164 e. The van der Waals surface area contributed by atoms with Crippen LogP contribution in [0, 0.1) is 0 Å². The van der Waals surface area contributed by atoms with E-state index >= 15 is 0 Å². The van der Waals surface area contributed by atoms with Crippen molar-refractivity contribution in [3.8, 4) is 11.5 Å². The van der Waals surface area contributed by atoms with Crippen molar-refractivity contribution in [1.82, 2.24) is 0 Å². The highest BCUT2D eigenvalue weighted by molar-refractivity contribution is 5.77. The Morgan fingerprint density at radius 2 is 2.05 bits per heavy atom. The first-order valence-corrected chi connectivity index (χ1v) is 7.16. The van der Waals surface area contributed by atoms with Crippen LogP contribution in [0.1, 0.15) is 48.5 Å². The standard InChI is InChI=1S/C17H24O3/c1-4-6-7-8-10-20-17-15(9-5-2)11-14(13-18)12-16(17)19-3/h5,11-13H,2,4,6-10H2,1,3H3. The van der Waals surface area contributed by atoms with Crippen molar-refractivity contribution in [3.63, 3.8) is 0 Å². The summed E-state index contributed by atoms with van der Waals surface area (Å²) >= 11 is 0. The molecule has 0 aliphatic carbocycles. The monoisotopic (exact) mass is 276 g/mol. The Morgan fingerprint density at radius 3 is 2.65 bits per heavy atom. The van der Waals surface area contributed by atoms with Crippen molar-refractivity contribution in [2.24, 2.45) is 0 Å². The predicted molar refractivity (Wildman–Crippen MR) is 81.9 cm³/mol. The molecule has 3 nitrogen and oxygen atoms in total. The molecule has 1 rings (SSSR count). The molecule has 0 spiro atoms. The van der Waals surface area contributed by atoms with Gasteiger partial charge in [0.15, 0.2) is 11.5 Å². The van der Waals surface area contributed by atoms with Crippen molar-refractivity contribution >= 4 is 6.29 Å². The van der Waals surface area contributed by atoms with E-state index in [9.17, 15) is 4.79 Å². The second-order valence-electron chi connectivity index (χ2n) is 4.73. The van der Waals surface area contributed by atoms with Crippen LogP contribution in [0.4, 0.5) is 0 Å². The highest BCUT2D eigenvalue weighted by Crippen LogP contribution is 2.33. The molecular weight excluding hydrogens is 252 g/mol. The third-order valence-corrected chi connectivity index (χ3v) is 3.12. The molecule has 0 saturated carbocycles. The number of carbonyl (C=O) groups excluding carboxylic acids is 1. The molecule has 3 heteroatoms. The van der Waals surface area contributed by atoms with Crippen LogP contribution in [-0.2, 0) is 6.42 Å². The zero-order chi connectivity index (χ0) is 14.8. The number of unbranched alkanes of at least 4 members (excludes halogenated alkanes) is 3. The number of ether oxygens (including phenoxy) is 2. The Balaban J connectivity index is 2.84. The zero-order valence-electron chi connectivity index (χ0n) is 12.5. The van der Waals surface area contributed by atoms with Gasteiger partial charge in [0, 0.05) is 11.1 Å². The Kier molecular flexibility index (Phi) is 7.48. The molecule has 0 amide bonds. The van der Waals surface area contributed by atoms with Gasteiger partial charge in [0.25, 0.3) is 0 Å². The van der Waals surface area contributed by atoms with Crippen LogP contribution in [0.25, 0.3) is 0 Å². The van der Waals surface area contributed by atoms with E-state index in [4.69, 9.17) is 9.47 Å². The second kappa shape index (κ2) is 9.18. The minimum Gasteiger partial charge on any atom is -0.493 e. The molecule has 0 saturated heterocycles. The average Bonchev–Trinajstić information content (AvgIpc) is 2.48. The Labute approximate surface area is 121 Å². The van der Waals surface area contributed by atoms with Crippen molar-refractivity contribution in [2.75, 3.05) is 13.7 Å². The van der Waals surface area contributed by atoms with Gasteiger partial charge in [0.1, 0.15) is 6.29 Å². The molecule has 0 aliphatic heterocycles. The van der Waals surface area contributed by atoms with Crippen LogP contribution >= 0.6 is 0 Å². The normalized spacial score (nSPS) is 10.1. The lowest BCUT2D eigenvalue weighted by atomic mass is 10.1. The van der Waals surface area contributed by atoms with Crippen molar-refractivity contribution in [3.05, 3.63) is 35.9 Å². The maximum atomic E-state index is 11.0. The first-order valence-electron chi connectivity index (χ1n) is 7.16. The molecule has 0 radical (unpaired) electrons. The SMILES string of the molecule is C=CCc1cc(C=O)cc(OC)c1OCCCCCC. The van der Waals surface area contributed by atoms with E-state index in [0.29, 0.717) is 24.3 Å². The first kappa shape index (κ1) is 16.3. The van der Waals surface area contributed by atoms with Gasteiger partial charge in [-0.15, -0.1) is 6.58 Å². The number of methoxy groups -OCH3 is 1. The third-order valence-electron chi connectivity index (χ3n) is 3.12. The summed E-state index contributed by atoms with van der Waals surface area (Å²) in [5.74, 6) is 1.34. The molecule has 0 bridgehead atoms. The van der Waals surface area contributed by atoms with Crippen LogP contribution in [-0.4, -0.2) is 20.0 Å². The van der Waals surface area contributed by atoms with Gasteiger partial charge in [0.2, 0.25) is 0 Å². The lowest BCUT2D eigenvalue weighted by molar-refractivity contribution is 0.112. The van der Waals surface area contributed by atoms with Crippen LogP contribution < -0.4 is 9.47 Å². The summed E-state index contributed by atoms with van der Waals surface area (Å²) < 4.78 is 11.2. The van der Waals surface area contributed by atoms with Crippen molar-refractivity contribution < 1.29 is 14.3 Å². The predicted octanol–water partition coefficient (Wildman–Crippen LogP) is 4.20. The number of hydrogen-bond acceptors (Lipinski definition) is 3. The summed E-state index contributed by atoms with van der Waals surface area (Å²) in [6.45, 7) is 6.60. The molecule has 0 fully saturated rings. The van der Waals surface area contributed by atoms with Crippen LogP contribution in [0.2, 0.25) is 0 Å². The maximum absolute atomic E-state index is 11.0. The van der Waals surface area contributed by atoms with E-state index in [2.05, 4.69) is 13.5 Å². The molecule has 0 N–H and O–H groups in total. The quantitative estimate of drug-likeness (QED) is 0.365. The Morgan fingerprint density at radius 1 is 1.25 bits per heavy atom. The van der Waals surface area contributed by atoms with Gasteiger partial charge in [-0.2, -0.15) is 0 Å². The number of hydrogen-bond donors (Lipinski definition) is 0. The fourth-order valence-electron chi connectivity index (χ4n) is 2.08. The van der Waals surface area contributed by atoms with Gasteiger partial charge in [0.05, 0.1) is 13.7 Å². The van der Waals surface area contributed by atoms with Crippen LogP contribution in [0.5, 0.6) is 11.5 Å². The molecule has 110 valence electrons. The zero-order valence-corrected chi connectivity index (χ0v) is 12.5. The minimum atomic E-state index is 0.594. The molecular formula is C17H24O3. The summed E-state index contributed by atoms with van der Waals surface area (Å²) in [5, 5.41) is 0. The number of aldehydes is 1. The highest BCUT2D eigenvalue weighted by Gasteiger charge is 2.12. The number of allylic oxidation sites excluding steroid dienone is 1. The van der Waals surface area contributed by atoms with Gasteiger partial charge in [-0.3, -0.25) is 4.79 Å². The van der Waals surface area contributed by atoms with Gasteiger partial charge in [-0.1, -0.05) is 32.3 Å². The van der Waals surface area contributed by atoms with E-state index in [0.717, 1.165) is 24.0 Å². The van der Waals surface area contributed by atoms with Crippen LogP contribution in [0.15, 0.2) is 24.8 Å². The fourth-order valence-corrected chi connectivity index (χ4v) is 2.08. The van der Waals surface area contributed by atoms with Gasteiger partial charge in [-0.25, -0.2) is 0 Å². The molecule has 20 heavy (non-hydrogen) atoms. The fraction of sp³-hybridized carbons (Fsp3) is 0.471. The second-order valence-corrected chi connectivity index (χ2v) is 4.73. The molecule has 0 atom stereocenters. The summed E-state index contributed by atoms with van der Waals surface area (Å²) in [7, 11) is 1.59. The van der Waals surface area contributed by atoms with Crippen LogP contribution in [0.3, 0.4) is 0 Å². The molecule has 0 unspecified atom stereocenters. The Hall–Kier alpha value is -1.77. The van der Waals surface area contributed by atoms with E-state index in [1.807, 2.05) is 6.07 Å².